The van der Waals surface area contributed by atoms with Crippen molar-refractivity contribution in [3.05, 3.63) is 54.4 Å². The number of aliphatic hydroxyl groups is 1. The van der Waals surface area contributed by atoms with Crippen LogP contribution in [0, 0.1) is 0 Å². The number of methoxy groups -OCH3 is 1. The number of aliphatic hydroxyl groups excluding tert-OH is 1. The van der Waals surface area contributed by atoms with Crippen molar-refractivity contribution in [1.29, 1.82) is 0 Å². The van der Waals surface area contributed by atoms with Crippen LogP contribution < -0.4 is 15.4 Å². The van der Waals surface area contributed by atoms with Crippen LogP contribution in [0.4, 0.5) is 5.69 Å². The molecule has 0 spiro atoms. The molecular weight excluding hydrogens is 376 g/mol. The van der Waals surface area contributed by atoms with Gasteiger partial charge in [0.1, 0.15) is 6.04 Å². The van der Waals surface area contributed by atoms with Gasteiger partial charge in [-0.05, 0) is 30.3 Å². The minimum Gasteiger partial charge on any atom is -0.493 e. The Labute approximate surface area is 164 Å². The SMILES string of the molecule is COc1cccc2cc(C(=O)N[C@@H](CO)C(=O)Nc3ccc4cn[nH]c4c3)oc12. The first kappa shape index (κ1) is 18.5. The molecule has 1 atom stereocenters. The van der Waals surface area contributed by atoms with Crippen molar-refractivity contribution in [2.75, 3.05) is 19.0 Å². The van der Waals surface area contributed by atoms with E-state index in [1.807, 2.05) is 0 Å². The second-order valence-electron chi connectivity index (χ2n) is 6.36. The summed E-state index contributed by atoms with van der Waals surface area (Å²) in [5.74, 6) is -0.684. The molecule has 148 valence electrons. The molecular formula is C20H18N4O5. The molecule has 4 rings (SSSR count). The number of fused-ring (bicyclic) bond motifs is 2. The zero-order valence-electron chi connectivity index (χ0n) is 15.4. The Morgan fingerprint density at radius 1 is 1.24 bits per heavy atom. The summed E-state index contributed by atoms with van der Waals surface area (Å²) in [7, 11) is 1.50. The van der Waals surface area contributed by atoms with Gasteiger partial charge in [-0.25, -0.2) is 0 Å². The van der Waals surface area contributed by atoms with Crippen LogP contribution in [0.2, 0.25) is 0 Å². The molecule has 29 heavy (non-hydrogen) atoms. The minimum absolute atomic E-state index is 0.00892. The lowest BCUT2D eigenvalue weighted by Gasteiger charge is -2.15. The van der Waals surface area contributed by atoms with E-state index in [1.54, 1.807) is 48.7 Å². The van der Waals surface area contributed by atoms with E-state index < -0.39 is 24.5 Å². The Balaban J connectivity index is 1.48. The van der Waals surface area contributed by atoms with Crippen LogP contribution in [-0.4, -0.2) is 46.9 Å². The smallest absolute Gasteiger partial charge is 0.287 e. The largest absolute Gasteiger partial charge is 0.493 e. The Kier molecular flexibility index (Phi) is 4.88. The summed E-state index contributed by atoms with van der Waals surface area (Å²) in [5, 5.41) is 23.0. The first-order valence-corrected chi connectivity index (χ1v) is 8.81. The number of ether oxygens (including phenoxy) is 1. The molecule has 0 saturated carbocycles. The molecule has 0 bridgehead atoms. The predicted molar refractivity (Wildman–Crippen MR) is 106 cm³/mol. The van der Waals surface area contributed by atoms with Gasteiger partial charge < -0.3 is 24.9 Å². The highest BCUT2D eigenvalue weighted by molar-refractivity contribution is 6.02. The van der Waals surface area contributed by atoms with E-state index in [4.69, 9.17) is 9.15 Å². The summed E-state index contributed by atoms with van der Waals surface area (Å²) in [6.45, 7) is -0.576. The fraction of sp³-hybridized carbons (Fsp3) is 0.150. The summed E-state index contributed by atoms with van der Waals surface area (Å²) >= 11 is 0. The summed E-state index contributed by atoms with van der Waals surface area (Å²) in [6, 6.07) is 10.9. The van der Waals surface area contributed by atoms with E-state index in [0.717, 1.165) is 10.9 Å². The number of carbonyl (C=O) groups excluding carboxylic acids is 2. The molecule has 9 nitrogen and oxygen atoms in total. The molecule has 2 aromatic carbocycles. The number of nitrogens with one attached hydrogen (secondary N) is 3. The highest BCUT2D eigenvalue weighted by atomic mass is 16.5. The molecule has 2 amide bonds. The van der Waals surface area contributed by atoms with Gasteiger partial charge in [-0.1, -0.05) is 12.1 Å². The fourth-order valence-corrected chi connectivity index (χ4v) is 2.98. The summed E-state index contributed by atoms with van der Waals surface area (Å²) in [4.78, 5) is 25.0. The van der Waals surface area contributed by atoms with Crippen molar-refractivity contribution >= 4 is 39.4 Å². The maximum Gasteiger partial charge on any atom is 0.287 e. The maximum absolute atomic E-state index is 12.5. The second kappa shape index (κ2) is 7.64. The Hall–Kier alpha value is -3.85. The van der Waals surface area contributed by atoms with Crippen LogP contribution in [0.5, 0.6) is 5.75 Å². The van der Waals surface area contributed by atoms with Crippen molar-refractivity contribution < 1.29 is 23.8 Å². The van der Waals surface area contributed by atoms with E-state index in [0.29, 0.717) is 22.4 Å². The number of aromatic nitrogens is 2. The van der Waals surface area contributed by atoms with Crippen molar-refractivity contribution in [1.82, 2.24) is 15.5 Å². The number of nitrogens with zero attached hydrogens (tertiary/aromatic N) is 1. The first-order valence-electron chi connectivity index (χ1n) is 8.81. The molecule has 2 aromatic heterocycles. The number of hydrogen-bond acceptors (Lipinski definition) is 6. The van der Waals surface area contributed by atoms with Crippen LogP contribution in [-0.2, 0) is 4.79 Å². The van der Waals surface area contributed by atoms with E-state index >= 15 is 0 Å². The average Bonchev–Trinajstić information content (AvgIpc) is 3.37. The third-order valence-corrected chi connectivity index (χ3v) is 4.47. The van der Waals surface area contributed by atoms with Gasteiger partial charge in [0.25, 0.3) is 5.91 Å². The van der Waals surface area contributed by atoms with Crippen LogP contribution in [0.3, 0.4) is 0 Å². The molecule has 4 aromatic rings. The van der Waals surface area contributed by atoms with Gasteiger partial charge in [-0.3, -0.25) is 14.7 Å². The van der Waals surface area contributed by atoms with Crippen molar-refractivity contribution in [3.8, 4) is 5.75 Å². The van der Waals surface area contributed by atoms with Gasteiger partial charge in [-0.15, -0.1) is 0 Å². The van der Waals surface area contributed by atoms with Gasteiger partial charge in [0.15, 0.2) is 17.1 Å². The molecule has 0 aliphatic carbocycles. The molecule has 2 heterocycles. The minimum atomic E-state index is -1.16. The number of furan rings is 1. The fourth-order valence-electron chi connectivity index (χ4n) is 2.98. The molecule has 0 radical (unpaired) electrons. The van der Waals surface area contributed by atoms with E-state index in [1.165, 1.54) is 7.11 Å². The van der Waals surface area contributed by atoms with Crippen LogP contribution in [0.25, 0.3) is 21.9 Å². The Morgan fingerprint density at radius 3 is 2.90 bits per heavy atom. The number of benzene rings is 2. The second-order valence-corrected chi connectivity index (χ2v) is 6.36. The number of carbonyl (C=O) groups is 2. The number of aromatic amines is 1. The number of para-hydroxylation sites is 1. The predicted octanol–water partition coefficient (Wildman–Crippen LogP) is 2.05. The van der Waals surface area contributed by atoms with Crippen molar-refractivity contribution in [3.63, 3.8) is 0 Å². The Bertz CT molecular complexity index is 1200. The zero-order chi connectivity index (χ0) is 20.4. The zero-order valence-corrected chi connectivity index (χ0v) is 15.4. The van der Waals surface area contributed by atoms with Gasteiger partial charge >= 0.3 is 0 Å². The quantitative estimate of drug-likeness (QED) is 0.396. The van der Waals surface area contributed by atoms with Crippen LogP contribution in [0.15, 0.2) is 53.1 Å². The van der Waals surface area contributed by atoms with Crippen molar-refractivity contribution in [2.24, 2.45) is 0 Å². The number of H-pyrrole nitrogens is 1. The standard InChI is InChI=1S/C20H18N4O5/c1-28-16-4-2-3-11-7-17(29-18(11)16)20(27)23-15(10-25)19(26)22-13-6-5-12-9-21-24-14(12)8-13/h2-9,15,25H,10H2,1H3,(H,21,24)(H,22,26)(H,23,27)/t15-/m0/s1. The molecule has 9 heteroatoms. The average molecular weight is 394 g/mol. The highest BCUT2D eigenvalue weighted by Gasteiger charge is 2.23. The molecule has 0 unspecified atom stereocenters. The van der Waals surface area contributed by atoms with Crippen molar-refractivity contribution in [2.45, 2.75) is 6.04 Å². The lowest BCUT2D eigenvalue weighted by atomic mass is 10.2. The first-order chi connectivity index (χ1) is 14.1. The Morgan fingerprint density at radius 2 is 2.10 bits per heavy atom. The van der Waals surface area contributed by atoms with Crippen LogP contribution in [0.1, 0.15) is 10.6 Å². The number of hydrogen-bond donors (Lipinski definition) is 4. The maximum atomic E-state index is 12.5. The molecule has 0 saturated heterocycles. The van der Waals surface area contributed by atoms with Gasteiger partial charge in [0.2, 0.25) is 5.91 Å². The monoisotopic (exact) mass is 394 g/mol. The normalized spacial score (nSPS) is 12.1. The lowest BCUT2D eigenvalue weighted by molar-refractivity contribution is -0.118. The number of anilines is 1. The van der Waals surface area contributed by atoms with Gasteiger partial charge in [0.05, 0.1) is 25.4 Å². The topological polar surface area (TPSA) is 129 Å². The third kappa shape index (κ3) is 3.63. The van der Waals surface area contributed by atoms with E-state index in [2.05, 4.69) is 20.8 Å². The number of amides is 2. The third-order valence-electron chi connectivity index (χ3n) is 4.47. The molecule has 0 aliphatic rings. The number of rotatable bonds is 6. The molecule has 0 aliphatic heterocycles. The van der Waals surface area contributed by atoms with E-state index in [9.17, 15) is 14.7 Å². The summed E-state index contributed by atoms with van der Waals surface area (Å²) in [5.41, 5.74) is 1.69. The van der Waals surface area contributed by atoms with E-state index in [-0.39, 0.29) is 5.76 Å². The lowest BCUT2D eigenvalue weighted by Crippen LogP contribution is -2.46. The molecule has 4 N–H and O–H groups in total. The molecule has 0 fully saturated rings. The highest BCUT2D eigenvalue weighted by Crippen LogP contribution is 2.28. The summed E-state index contributed by atoms with van der Waals surface area (Å²) < 4.78 is 10.8. The van der Waals surface area contributed by atoms with Crippen LogP contribution >= 0.6 is 0 Å². The van der Waals surface area contributed by atoms with Gasteiger partial charge in [-0.2, -0.15) is 5.10 Å². The summed E-state index contributed by atoms with van der Waals surface area (Å²) in [6.07, 6.45) is 1.67. The van der Waals surface area contributed by atoms with Gasteiger partial charge in [0, 0.05) is 16.5 Å².